The van der Waals surface area contributed by atoms with Gasteiger partial charge in [-0.25, -0.2) is 0 Å². The van der Waals surface area contributed by atoms with E-state index in [0.29, 0.717) is 0 Å². The molecule has 0 spiro atoms. The first-order chi connectivity index (χ1) is 13.1. The number of aryl methyl sites for hydroxylation is 1. The molecule has 1 amide bonds. The highest BCUT2D eigenvalue weighted by atomic mass is 32.2. The molecule has 140 valence electrons. The summed E-state index contributed by atoms with van der Waals surface area (Å²) in [7, 11) is 3.97. The number of amides is 1. The molecule has 0 fully saturated rings. The summed E-state index contributed by atoms with van der Waals surface area (Å²) in [6, 6.07) is 17.7. The van der Waals surface area contributed by atoms with Crippen LogP contribution < -0.4 is 10.2 Å². The lowest BCUT2D eigenvalue weighted by Gasteiger charge is -2.13. The average molecular weight is 382 g/mol. The van der Waals surface area contributed by atoms with Crippen molar-refractivity contribution in [3.05, 3.63) is 60.4 Å². The van der Waals surface area contributed by atoms with Crippen LogP contribution >= 0.6 is 11.8 Å². The third kappa shape index (κ3) is 4.68. The number of carbonyl (C=O) groups is 1. The number of benzene rings is 2. The van der Waals surface area contributed by atoms with E-state index in [1.165, 1.54) is 11.8 Å². The highest BCUT2D eigenvalue weighted by molar-refractivity contribution is 7.99. The van der Waals surface area contributed by atoms with Crippen molar-refractivity contribution in [3.8, 4) is 5.69 Å². The number of thioether (sulfide) groups is 1. The van der Waals surface area contributed by atoms with Crippen LogP contribution in [0.25, 0.3) is 5.69 Å². The molecule has 0 aliphatic rings. The third-order valence-electron chi connectivity index (χ3n) is 4.03. The summed E-state index contributed by atoms with van der Waals surface area (Å²) in [6.07, 6.45) is 0.771. The first-order valence-corrected chi connectivity index (χ1v) is 9.76. The maximum Gasteiger partial charge on any atom is 0.234 e. The molecule has 0 unspecified atom stereocenters. The summed E-state index contributed by atoms with van der Waals surface area (Å²) in [5, 5.41) is 12.2. The SMILES string of the molecule is CCc1nnc(SCC(=O)Nc2ccc(N(C)C)cc2)n1-c1ccccc1. The first-order valence-electron chi connectivity index (χ1n) is 8.78. The van der Waals surface area contributed by atoms with Gasteiger partial charge >= 0.3 is 0 Å². The van der Waals surface area contributed by atoms with Crippen LogP contribution in [-0.4, -0.2) is 40.5 Å². The molecule has 0 aliphatic carbocycles. The Balaban J connectivity index is 1.66. The molecule has 27 heavy (non-hydrogen) atoms. The molecule has 0 saturated carbocycles. The standard InChI is InChI=1S/C20H23N5OS/c1-4-18-22-23-20(25(18)17-8-6-5-7-9-17)27-14-19(26)21-15-10-12-16(13-11-15)24(2)3/h5-13H,4,14H2,1-3H3,(H,21,26). The molecule has 1 aromatic heterocycles. The van der Waals surface area contributed by atoms with Gasteiger partial charge in [0.15, 0.2) is 5.16 Å². The van der Waals surface area contributed by atoms with Crippen molar-refractivity contribution >= 4 is 29.0 Å². The van der Waals surface area contributed by atoms with Crippen LogP contribution in [0.3, 0.4) is 0 Å². The van der Waals surface area contributed by atoms with Gasteiger partial charge < -0.3 is 10.2 Å². The quantitative estimate of drug-likeness (QED) is 0.633. The Morgan fingerprint density at radius 2 is 1.78 bits per heavy atom. The minimum absolute atomic E-state index is 0.0711. The van der Waals surface area contributed by atoms with E-state index in [1.807, 2.05) is 85.1 Å². The van der Waals surface area contributed by atoms with Gasteiger partial charge in [0.1, 0.15) is 5.82 Å². The topological polar surface area (TPSA) is 63.1 Å². The first kappa shape index (κ1) is 19.0. The van der Waals surface area contributed by atoms with Gasteiger partial charge in [-0.15, -0.1) is 10.2 Å². The fourth-order valence-electron chi connectivity index (χ4n) is 2.63. The molecule has 0 radical (unpaired) electrons. The lowest BCUT2D eigenvalue weighted by Crippen LogP contribution is -2.15. The highest BCUT2D eigenvalue weighted by Gasteiger charge is 2.14. The van der Waals surface area contributed by atoms with Crippen LogP contribution in [-0.2, 0) is 11.2 Å². The number of hydrogen-bond acceptors (Lipinski definition) is 5. The lowest BCUT2D eigenvalue weighted by molar-refractivity contribution is -0.113. The molecular formula is C20H23N5OS. The minimum atomic E-state index is -0.0711. The summed E-state index contributed by atoms with van der Waals surface area (Å²) in [5.74, 6) is 1.08. The van der Waals surface area contributed by atoms with Crippen LogP contribution in [0.2, 0.25) is 0 Å². The molecule has 0 saturated heterocycles. The zero-order chi connectivity index (χ0) is 19.2. The van der Waals surface area contributed by atoms with E-state index < -0.39 is 0 Å². The van der Waals surface area contributed by atoms with Crippen molar-refractivity contribution in [2.24, 2.45) is 0 Å². The minimum Gasteiger partial charge on any atom is -0.378 e. The van der Waals surface area contributed by atoms with E-state index in [0.717, 1.165) is 34.5 Å². The van der Waals surface area contributed by atoms with E-state index >= 15 is 0 Å². The Hall–Kier alpha value is -2.80. The molecule has 3 aromatic rings. The second-order valence-corrected chi connectivity index (χ2v) is 7.14. The van der Waals surface area contributed by atoms with Crippen LogP contribution in [0.4, 0.5) is 11.4 Å². The summed E-state index contributed by atoms with van der Waals surface area (Å²) in [5.41, 5.74) is 2.87. The molecule has 2 aromatic carbocycles. The summed E-state index contributed by atoms with van der Waals surface area (Å²) >= 11 is 1.38. The maximum absolute atomic E-state index is 12.3. The van der Waals surface area contributed by atoms with Gasteiger partial charge in [-0.3, -0.25) is 9.36 Å². The number of para-hydroxylation sites is 1. The van der Waals surface area contributed by atoms with Gasteiger partial charge in [-0.05, 0) is 36.4 Å². The number of aromatic nitrogens is 3. The molecule has 0 atom stereocenters. The number of carbonyl (C=O) groups excluding carboxylic acids is 1. The number of nitrogens with one attached hydrogen (secondary N) is 1. The predicted octanol–water partition coefficient (Wildman–Crippen LogP) is 3.63. The zero-order valence-corrected chi connectivity index (χ0v) is 16.5. The van der Waals surface area contributed by atoms with Crippen LogP contribution in [0.5, 0.6) is 0 Å². The average Bonchev–Trinajstić information content (AvgIpc) is 3.10. The van der Waals surface area contributed by atoms with E-state index in [1.54, 1.807) is 0 Å². The normalized spacial score (nSPS) is 10.6. The lowest BCUT2D eigenvalue weighted by atomic mass is 10.2. The van der Waals surface area contributed by atoms with Crippen LogP contribution in [0.15, 0.2) is 59.8 Å². The number of nitrogens with zero attached hydrogens (tertiary/aromatic N) is 4. The third-order valence-corrected chi connectivity index (χ3v) is 4.96. The van der Waals surface area contributed by atoms with Crippen molar-refractivity contribution in [1.29, 1.82) is 0 Å². The number of rotatable bonds is 7. The highest BCUT2D eigenvalue weighted by Crippen LogP contribution is 2.23. The molecule has 1 N–H and O–H groups in total. The van der Waals surface area contributed by atoms with Gasteiger partial charge in [-0.1, -0.05) is 36.9 Å². The molecule has 7 heteroatoms. The molecule has 0 aliphatic heterocycles. The molecular weight excluding hydrogens is 358 g/mol. The van der Waals surface area contributed by atoms with Gasteiger partial charge in [0.2, 0.25) is 5.91 Å². The Kier molecular flexibility index (Phi) is 6.13. The summed E-state index contributed by atoms with van der Waals surface area (Å²) in [4.78, 5) is 14.3. The van der Waals surface area contributed by atoms with Crippen LogP contribution in [0, 0.1) is 0 Å². The monoisotopic (exact) mass is 381 g/mol. The zero-order valence-electron chi connectivity index (χ0n) is 15.7. The van der Waals surface area contributed by atoms with Crippen molar-refractivity contribution in [2.75, 3.05) is 30.1 Å². The molecule has 0 bridgehead atoms. The van der Waals surface area contributed by atoms with Crippen molar-refractivity contribution in [2.45, 2.75) is 18.5 Å². The van der Waals surface area contributed by atoms with Gasteiger partial charge in [0.25, 0.3) is 0 Å². The summed E-state index contributed by atoms with van der Waals surface area (Å²) in [6.45, 7) is 2.04. The number of anilines is 2. The second kappa shape index (κ2) is 8.73. The largest absolute Gasteiger partial charge is 0.378 e. The smallest absolute Gasteiger partial charge is 0.234 e. The van der Waals surface area contributed by atoms with Gasteiger partial charge in [-0.2, -0.15) is 0 Å². The van der Waals surface area contributed by atoms with Crippen molar-refractivity contribution in [1.82, 2.24) is 14.8 Å². The van der Waals surface area contributed by atoms with E-state index in [2.05, 4.69) is 15.5 Å². The Morgan fingerprint density at radius 1 is 1.07 bits per heavy atom. The predicted molar refractivity (Wildman–Crippen MR) is 111 cm³/mol. The molecule has 1 heterocycles. The molecule has 6 nitrogen and oxygen atoms in total. The summed E-state index contributed by atoms with van der Waals surface area (Å²) < 4.78 is 2.00. The van der Waals surface area contributed by atoms with E-state index in [9.17, 15) is 4.79 Å². The Bertz CT molecular complexity index is 890. The second-order valence-electron chi connectivity index (χ2n) is 6.20. The van der Waals surface area contributed by atoms with Crippen molar-refractivity contribution < 1.29 is 4.79 Å². The van der Waals surface area contributed by atoms with E-state index in [4.69, 9.17) is 0 Å². The number of hydrogen-bond donors (Lipinski definition) is 1. The van der Waals surface area contributed by atoms with Gasteiger partial charge in [0, 0.05) is 37.6 Å². The van der Waals surface area contributed by atoms with Crippen LogP contribution in [0.1, 0.15) is 12.7 Å². The van der Waals surface area contributed by atoms with Gasteiger partial charge in [0.05, 0.1) is 5.75 Å². The Labute approximate surface area is 163 Å². The Morgan fingerprint density at radius 3 is 2.41 bits per heavy atom. The fraction of sp³-hybridized carbons (Fsp3) is 0.250. The van der Waals surface area contributed by atoms with E-state index in [-0.39, 0.29) is 11.7 Å². The maximum atomic E-state index is 12.3. The fourth-order valence-corrected chi connectivity index (χ4v) is 3.40. The molecule has 3 rings (SSSR count). The van der Waals surface area contributed by atoms with Crippen molar-refractivity contribution in [3.63, 3.8) is 0 Å².